The van der Waals surface area contributed by atoms with Gasteiger partial charge in [-0.25, -0.2) is 4.79 Å². The van der Waals surface area contributed by atoms with Crippen LogP contribution in [0.1, 0.15) is 18.1 Å². The summed E-state index contributed by atoms with van der Waals surface area (Å²) in [5.74, 6) is -0.293. The molecule has 0 saturated heterocycles. The molecule has 1 aromatic carbocycles. The molecule has 0 aliphatic rings. The van der Waals surface area contributed by atoms with Crippen molar-refractivity contribution in [3.05, 3.63) is 29.3 Å². The highest BCUT2D eigenvalue weighted by Crippen LogP contribution is 2.21. The second-order valence-corrected chi connectivity index (χ2v) is 3.08. The van der Waals surface area contributed by atoms with E-state index in [9.17, 15) is 4.79 Å². The number of benzene rings is 1. The predicted octanol–water partition coefficient (Wildman–Crippen LogP) is 2.02. The summed E-state index contributed by atoms with van der Waals surface area (Å²) in [6, 6.07) is 5.68. The molecule has 0 spiro atoms. The van der Waals surface area contributed by atoms with Crippen LogP contribution in [-0.4, -0.2) is 17.7 Å². The second kappa shape index (κ2) is 4.65. The van der Waals surface area contributed by atoms with E-state index in [-0.39, 0.29) is 6.61 Å². The van der Waals surface area contributed by atoms with E-state index in [1.807, 2.05) is 19.1 Å². The minimum Gasteiger partial charge on any atom is -0.482 e. The Labute approximate surface area is 83.3 Å². The summed E-state index contributed by atoms with van der Waals surface area (Å²) in [7, 11) is 0. The van der Waals surface area contributed by atoms with Crippen LogP contribution in [0, 0.1) is 6.92 Å². The Balaban J connectivity index is 2.81. The van der Waals surface area contributed by atoms with Gasteiger partial charge in [0.25, 0.3) is 0 Å². The van der Waals surface area contributed by atoms with Gasteiger partial charge < -0.3 is 9.84 Å². The fourth-order valence-corrected chi connectivity index (χ4v) is 1.34. The van der Waals surface area contributed by atoms with Crippen LogP contribution in [0.4, 0.5) is 0 Å². The highest BCUT2D eigenvalue weighted by molar-refractivity contribution is 5.68. The Bertz CT molecular complexity index is 331. The summed E-state index contributed by atoms with van der Waals surface area (Å²) < 4.78 is 5.14. The molecule has 0 fully saturated rings. The van der Waals surface area contributed by atoms with Crippen LogP contribution in [0.15, 0.2) is 18.2 Å². The fraction of sp³-hybridized carbons (Fsp3) is 0.364. The number of aliphatic carboxylic acids is 1. The molecule has 0 amide bonds. The van der Waals surface area contributed by atoms with Crippen molar-refractivity contribution < 1.29 is 14.6 Å². The molecule has 0 heterocycles. The van der Waals surface area contributed by atoms with Crippen molar-refractivity contribution in [3.8, 4) is 5.75 Å². The lowest BCUT2D eigenvalue weighted by Gasteiger charge is -2.09. The minimum absolute atomic E-state index is 0.284. The number of carbonyl (C=O) groups is 1. The van der Waals surface area contributed by atoms with Crippen molar-refractivity contribution >= 4 is 5.97 Å². The van der Waals surface area contributed by atoms with Crippen molar-refractivity contribution in [2.75, 3.05) is 6.61 Å². The lowest BCUT2D eigenvalue weighted by molar-refractivity contribution is -0.139. The van der Waals surface area contributed by atoms with Gasteiger partial charge in [0.2, 0.25) is 0 Å². The highest BCUT2D eigenvalue weighted by atomic mass is 16.5. The number of carboxylic acid groups (broad SMARTS) is 1. The van der Waals surface area contributed by atoms with Gasteiger partial charge in [0.1, 0.15) is 5.75 Å². The normalized spacial score (nSPS) is 9.86. The van der Waals surface area contributed by atoms with Gasteiger partial charge in [-0.15, -0.1) is 0 Å². The van der Waals surface area contributed by atoms with Crippen LogP contribution in [-0.2, 0) is 11.2 Å². The van der Waals surface area contributed by atoms with Crippen LogP contribution in [0.5, 0.6) is 5.75 Å². The maximum absolute atomic E-state index is 10.3. The Hall–Kier alpha value is -1.51. The van der Waals surface area contributed by atoms with Crippen LogP contribution in [0.2, 0.25) is 0 Å². The maximum Gasteiger partial charge on any atom is 0.341 e. The summed E-state index contributed by atoms with van der Waals surface area (Å²) >= 11 is 0. The van der Waals surface area contributed by atoms with E-state index in [0.29, 0.717) is 5.75 Å². The maximum atomic E-state index is 10.3. The van der Waals surface area contributed by atoms with Crippen LogP contribution >= 0.6 is 0 Å². The highest BCUT2D eigenvalue weighted by Gasteiger charge is 2.04. The van der Waals surface area contributed by atoms with Gasteiger partial charge in [-0.3, -0.25) is 0 Å². The molecule has 3 nitrogen and oxygen atoms in total. The molecule has 76 valence electrons. The first-order chi connectivity index (χ1) is 6.65. The molecule has 1 N–H and O–H groups in total. The van der Waals surface area contributed by atoms with Crippen LogP contribution in [0.25, 0.3) is 0 Å². The summed E-state index contributed by atoms with van der Waals surface area (Å²) in [6.45, 7) is 3.72. The number of ether oxygens (including phenoxy) is 1. The average molecular weight is 194 g/mol. The van der Waals surface area contributed by atoms with E-state index in [1.165, 1.54) is 5.56 Å². The van der Waals surface area contributed by atoms with Crippen LogP contribution < -0.4 is 4.74 Å². The van der Waals surface area contributed by atoms with Crippen molar-refractivity contribution in [3.63, 3.8) is 0 Å². The summed E-state index contributed by atoms with van der Waals surface area (Å²) in [5, 5.41) is 8.47. The Morgan fingerprint density at radius 2 is 2.21 bits per heavy atom. The van der Waals surface area contributed by atoms with Crippen LogP contribution in [0.3, 0.4) is 0 Å². The molecule has 14 heavy (non-hydrogen) atoms. The largest absolute Gasteiger partial charge is 0.482 e. The first kappa shape index (κ1) is 10.6. The number of carboxylic acids is 1. The van der Waals surface area contributed by atoms with Crippen molar-refractivity contribution in [1.29, 1.82) is 0 Å². The third kappa shape index (κ3) is 2.49. The zero-order chi connectivity index (χ0) is 10.6. The zero-order valence-corrected chi connectivity index (χ0v) is 8.41. The van der Waals surface area contributed by atoms with E-state index in [0.717, 1.165) is 12.0 Å². The lowest BCUT2D eigenvalue weighted by Crippen LogP contribution is -2.10. The van der Waals surface area contributed by atoms with Gasteiger partial charge in [-0.1, -0.05) is 19.1 Å². The Morgan fingerprint density at radius 1 is 1.50 bits per heavy atom. The third-order valence-electron chi connectivity index (χ3n) is 2.13. The monoisotopic (exact) mass is 194 g/mol. The standard InChI is InChI=1S/C11H14O3/c1-3-9-5-4-6-10(8(9)2)14-7-11(12)13/h4-6H,3,7H2,1-2H3,(H,12,13). The van der Waals surface area contributed by atoms with Gasteiger partial charge in [0, 0.05) is 0 Å². The Kier molecular flexibility index (Phi) is 3.51. The number of rotatable bonds is 4. The van der Waals surface area contributed by atoms with Crippen molar-refractivity contribution in [1.82, 2.24) is 0 Å². The van der Waals surface area contributed by atoms with E-state index < -0.39 is 5.97 Å². The number of hydrogen-bond donors (Lipinski definition) is 1. The molecule has 0 atom stereocenters. The van der Waals surface area contributed by atoms with E-state index in [4.69, 9.17) is 9.84 Å². The molecule has 0 aliphatic heterocycles. The van der Waals surface area contributed by atoms with Gasteiger partial charge in [0.15, 0.2) is 6.61 Å². The third-order valence-corrected chi connectivity index (χ3v) is 2.13. The summed E-state index contributed by atoms with van der Waals surface area (Å²) in [6.07, 6.45) is 0.927. The van der Waals surface area contributed by atoms with E-state index in [2.05, 4.69) is 6.92 Å². The lowest BCUT2D eigenvalue weighted by atomic mass is 10.1. The predicted molar refractivity (Wildman–Crippen MR) is 53.7 cm³/mol. The van der Waals surface area contributed by atoms with Crippen molar-refractivity contribution in [2.45, 2.75) is 20.3 Å². The van der Waals surface area contributed by atoms with Gasteiger partial charge in [-0.2, -0.15) is 0 Å². The molecule has 3 heteroatoms. The number of hydrogen-bond acceptors (Lipinski definition) is 2. The van der Waals surface area contributed by atoms with Gasteiger partial charge in [0.05, 0.1) is 0 Å². The molecular formula is C11H14O3. The molecule has 0 radical (unpaired) electrons. The molecule has 0 unspecified atom stereocenters. The summed E-state index contributed by atoms with van der Waals surface area (Å²) in [5.41, 5.74) is 2.21. The topological polar surface area (TPSA) is 46.5 Å². The average Bonchev–Trinajstić information content (AvgIpc) is 2.16. The smallest absolute Gasteiger partial charge is 0.341 e. The molecule has 1 rings (SSSR count). The molecule has 0 aromatic heterocycles. The Morgan fingerprint density at radius 3 is 2.79 bits per heavy atom. The quantitative estimate of drug-likeness (QED) is 0.797. The molecule has 0 bridgehead atoms. The van der Waals surface area contributed by atoms with Gasteiger partial charge in [-0.05, 0) is 30.5 Å². The first-order valence-corrected chi connectivity index (χ1v) is 4.58. The fourth-order valence-electron chi connectivity index (χ4n) is 1.34. The molecular weight excluding hydrogens is 180 g/mol. The van der Waals surface area contributed by atoms with Gasteiger partial charge >= 0.3 is 5.97 Å². The van der Waals surface area contributed by atoms with Crippen molar-refractivity contribution in [2.24, 2.45) is 0 Å². The zero-order valence-electron chi connectivity index (χ0n) is 8.41. The first-order valence-electron chi connectivity index (χ1n) is 4.58. The van der Waals surface area contributed by atoms with E-state index >= 15 is 0 Å². The summed E-state index contributed by atoms with van der Waals surface area (Å²) in [4.78, 5) is 10.3. The second-order valence-electron chi connectivity index (χ2n) is 3.08. The minimum atomic E-state index is -0.952. The number of aryl methyl sites for hydroxylation is 1. The molecule has 0 aliphatic carbocycles. The SMILES string of the molecule is CCc1cccc(OCC(=O)O)c1C. The molecule has 1 aromatic rings. The van der Waals surface area contributed by atoms with E-state index in [1.54, 1.807) is 6.07 Å². The molecule has 0 saturated carbocycles.